The third-order valence-corrected chi connectivity index (χ3v) is 6.05. The molecule has 1 atom stereocenters. The van der Waals surface area contributed by atoms with Crippen LogP contribution in [0.25, 0.3) is 10.1 Å². The molecule has 1 aliphatic rings. The lowest BCUT2D eigenvalue weighted by atomic mass is 10.1. The van der Waals surface area contributed by atoms with Crippen molar-refractivity contribution in [1.82, 2.24) is 14.5 Å². The molecule has 1 aromatic carbocycles. The minimum Gasteiger partial charge on any atom is -0.387 e. The molecule has 0 radical (unpaired) electrons. The van der Waals surface area contributed by atoms with Crippen molar-refractivity contribution < 1.29 is 23.1 Å². The molecule has 1 aromatic heterocycles. The minimum atomic E-state index is -3.70. The van der Waals surface area contributed by atoms with Gasteiger partial charge in [0, 0.05) is 16.8 Å². The number of carbonyl (C=O) groups excluding carboxylic acids is 2. The molecule has 25 heavy (non-hydrogen) atoms. The Morgan fingerprint density at radius 3 is 2.76 bits per heavy atom. The predicted molar refractivity (Wildman–Crippen MR) is 93.8 cm³/mol. The van der Waals surface area contributed by atoms with Crippen LogP contribution in [0, 0.1) is 0 Å². The smallest absolute Gasteiger partial charge is 0.341 e. The van der Waals surface area contributed by atoms with Crippen LogP contribution >= 0.6 is 11.3 Å². The normalized spacial score (nSPS) is 16.5. The molecule has 1 saturated heterocycles. The number of nitrogens with zero attached hydrogens (tertiary/aromatic N) is 2. The Kier molecular flexibility index (Phi) is 4.67. The minimum absolute atomic E-state index is 0.0186. The summed E-state index contributed by atoms with van der Waals surface area (Å²) in [7, 11) is -3.70. The van der Waals surface area contributed by atoms with Gasteiger partial charge < -0.3 is 10.4 Å². The highest BCUT2D eigenvalue weighted by Crippen LogP contribution is 2.29. The molecule has 1 aliphatic heterocycles. The summed E-state index contributed by atoms with van der Waals surface area (Å²) in [5.74, 6) is 0. The molecule has 0 aliphatic carbocycles. The van der Waals surface area contributed by atoms with Gasteiger partial charge in [-0.25, -0.2) is 27.2 Å². The SMILES string of the molecule is CS(=O)(=O)N1CCN(C(=O)NC[C@H](O)c2csc3ccccc23)C1=O. The van der Waals surface area contributed by atoms with E-state index in [0.29, 0.717) is 9.87 Å². The number of rotatable bonds is 4. The summed E-state index contributed by atoms with van der Waals surface area (Å²) < 4.78 is 24.6. The van der Waals surface area contributed by atoms with Crippen molar-refractivity contribution in [3.63, 3.8) is 0 Å². The van der Waals surface area contributed by atoms with E-state index in [1.54, 1.807) is 0 Å². The molecule has 0 unspecified atom stereocenters. The van der Waals surface area contributed by atoms with Crippen LogP contribution in [0.1, 0.15) is 11.7 Å². The van der Waals surface area contributed by atoms with Crippen LogP contribution < -0.4 is 5.32 Å². The summed E-state index contributed by atoms with van der Waals surface area (Å²) in [4.78, 5) is 24.9. The number of amides is 4. The number of urea groups is 2. The van der Waals surface area contributed by atoms with E-state index in [0.717, 1.165) is 21.2 Å². The zero-order chi connectivity index (χ0) is 18.2. The summed E-state index contributed by atoms with van der Waals surface area (Å²) in [5.41, 5.74) is 0.700. The van der Waals surface area contributed by atoms with Gasteiger partial charge in [-0.3, -0.25) is 0 Å². The lowest BCUT2D eigenvalue weighted by Crippen LogP contribution is -2.44. The highest BCUT2D eigenvalue weighted by atomic mass is 32.2. The molecule has 4 amide bonds. The average Bonchev–Trinajstić information content (AvgIpc) is 3.15. The van der Waals surface area contributed by atoms with E-state index in [1.165, 1.54) is 11.3 Å². The Labute approximate surface area is 148 Å². The quantitative estimate of drug-likeness (QED) is 0.829. The van der Waals surface area contributed by atoms with E-state index < -0.39 is 28.2 Å². The lowest BCUT2D eigenvalue weighted by Gasteiger charge is -2.17. The Morgan fingerprint density at radius 1 is 1.36 bits per heavy atom. The molecule has 8 nitrogen and oxygen atoms in total. The topological polar surface area (TPSA) is 107 Å². The highest BCUT2D eigenvalue weighted by Gasteiger charge is 2.38. The summed E-state index contributed by atoms with van der Waals surface area (Å²) in [6, 6.07) is 6.00. The first-order valence-corrected chi connectivity index (χ1v) is 10.2. The third-order valence-electron chi connectivity index (χ3n) is 3.93. The number of fused-ring (bicyclic) bond motifs is 1. The number of thiophene rings is 1. The average molecular weight is 383 g/mol. The fourth-order valence-electron chi connectivity index (χ4n) is 2.66. The molecule has 2 N–H and O–H groups in total. The first-order chi connectivity index (χ1) is 11.8. The van der Waals surface area contributed by atoms with Gasteiger partial charge in [-0.2, -0.15) is 0 Å². The number of nitrogens with one attached hydrogen (secondary N) is 1. The van der Waals surface area contributed by atoms with Gasteiger partial charge in [0.05, 0.1) is 25.4 Å². The van der Waals surface area contributed by atoms with Gasteiger partial charge in [-0.15, -0.1) is 11.3 Å². The van der Waals surface area contributed by atoms with Crippen molar-refractivity contribution in [3.8, 4) is 0 Å². The second-order valence-corrected chi connectivity index (χ2v) is 8.48. The van der Waals surface area contributed by atoms with Crippen LogP contribution in [0.4, 0.5) is 9.59 Å². The maximum Gasteiger partial charge on any atom is 0.341 e. The molecule has 134 valence electrons. The van der Waals surface area contributed by atoms with Crippen LogP contribution in [0.15, 0.2) is 29.6 Å². The van der Waals surface area contributed by atoms with E-state index in [9.17, 15) is 23.1 Å². The monoisotopic (exact) mass is 383 g/mol. The van der Waals surface area contributed by atoms with Gasteiger partial charge in [0.2, 0.25) is 10.0 Å². The zero-order valence-corrected chi connectivity index (χ0v) is 15.0. The Balaban J connectivity index is 1.64. The van der Waals surface area contributed by atoms with Crippen LogP contribution in [0.3, 0.4) is 0 Å². The van der Waals surface area contributed by atoms with Crippen molar-refractivity contribution >= 4 is 43.5 Å². The number of aliphatic hydroxyl groups is 1. The van der Waals surface area contributed by atoms with Gasteiger partial charge in [-0.1, -0.05) is 18.2 Å². The van der Waals surface area contributed by atoms with E-state index in [2.05, 4.69) is 5.32 Å². The molecule has 0 bridgehead atoms. The van der Waals surface area contributed by atoms with Crippen LogP contribution in [-0.4, -0.2) is 60.7 Å². The van der Waals surface area contributed by atoms with E-state index >= 15 is 0 Å². The number of carbonyl (C=O) groups is 2. The number of hydrogen-bond donors (Lipinski definition) is 2. The van der Waals surface area contributed by atoms with Crippen LogP contribution in [0.5, 0.6) is 0 Å². The van der Waals surface area contributed by atoms with Crippen molar-refractivity contribution in [2.75, 3.05) is 25.9 Å². The van der Waals surface area contributed by atoms with Crippen LogP contribution in [0.2, 0.25) is 0 Å². The maximum atomic E-state index is 12.1. The summed E-state index contributed by atoms with van der Waals surface area (Å²) in [6.45, 7) is -0.166. The number of imide groups is 1. The molecule has 10 heteroatoms. The largest absolute Gasteiger partial charge is 0.387 e. The summed E-state index contributed by atoms with van der Waals surface area (Å²) in [6.07, 6.45) is -0.0126. The first kappa shape index (κ1) is 17.6. The number of sulfonamides is 1. The molecule has 2 heterocycles. The van der Waals surface area contributed by atoms with Gasteiger partial charge in [-0.05, 0) is 16.8 Å². The standard InChI is InChI=1S/C15H17N3O5S2/c1-25(22,23)18-7-6-17(15(18)21)14(20)16-8-12(19)11-9-24-13-5-3-2-4-10(11)13/h2-5,9,12,19H,6-8H2,1H3,(H,16,20)/t12-/m0/s1. The Bertz CT molecular complexity index is 924. The second kappa shape index (κ2) is 6.62. The summed E-state index contributed by atoms with van der Waals surface area (Å²) >= 11 is 1.49. The van der Waals surface area contributed by atoms with Crippen molar-refractivity contribution in [2.45, 2.75) is 6.10 Å². The fourth-order valence-corrected chi connectivity index (χ4v) is 4.46. The first-order valence-electron chi connectivity index (χ1n) is 7.50. The van der Waals surface area contributed by atoms with Crippen molar-refractivity contribution in [2.24, 2.45) is 0 Å². The van der Waals surface area contributed by atoms with Crippen molar-refractivity contribution in [1.29, 1.82) is 0 Å². The maximum absolute atomic E-state index is 12.1. The van der Waals surface area contributed by atoms with Crippen molar-refractivity contribution in [3.05, 3.63) is 35.2 Å². The molecular weight excluding hydrogens is 366 g/mol. The number of aliphatic hydroxyl groups excluding tert-OH is 1. The molecular formula is C15H17N3O5S2. The van der Waals surface area contributed by atoms with E-state index in [-0.39, 0.29) is 19.6 Å². The third kappa shape index (κ3) is 3.46. The molecule has 3 rings (SSSR count). The van der Waals surface area contributed by atoms with Gasteiger partial charge >= 0.3 is 12.1 Å². The summed E-state index contributed by atoms with van der Waals surface area (Å²) in [5, 5.41) is 15.5. The predicted octanol–water partition coefficient (Wildman–Crippen LogP) is 1.34. The zero-order valence-electron chi connectivity index (χ0n) is 13.4. The number of hydrogen-bond acceptors (Lipinski definition) is 6. The molecule has 0 saturated carbocycles. The number of benzene rings is 1. The lowest BCUT2D eigenvalue weighted by molar-refractivity contribution is 0.165. The molecule has 2 aromatic rings. The molecule has 1 fully saturated rings. The van der Waals surface area contributed by atoms with E-state index in [1.807, 2.05) is 29.6 Å². The van der Waals surface area contributed by atoms with Gasteiger partial charge in [0.1, 0.15) is 0 Å². The highest BCUT2D eigenvalue weighted by molar-refractivity contribution is 7.88. The Hall–Kier alpha value is -2.17. The van der Waals surface area contributed by atoms with Gasteiger partial charge in [0.25, 0.3) is 0 Å². The van der Waals surface area contributed by atoms with E-state index in [4.69, 9.17) is 0 Å². The second-order valence-electron chi connectivity index (χ2n) is 5.66. The fraction of sp³-hybridized carbons (Fsp3) is 0.333. The van der Waals surface area contributed by atoms with Crippen LogP contribution in [-0.2, 0) is 10.0 Å². The molecule has 0 spiro atoms. The Morgan fingerprint density at radius 2 is 2.08 bits per heavy atom. The van der Waals surface area contributed by atoms with Gasteiger partial charge in [0.15, 0.2) is 0 Å².